The molecular weight excluding hydrogens is 438 g/mol. The van der Waals surface area contributed by atoms with E-state index in [1.165, 1.54) is 5.56 Å². The second kappa shape index (κ2) is 10.9. The van der Waals surface area contributed by atoms with Crippen LogP contribution in [0.5, 0.6) is 5.75 Å². The van der Waals surface area contributed by atoms with Gasteiger partial charge in [-0.25, -0.2) is 8.78 Å². The Morgan fingerprint density at radius 1 is 1.16 bits per heavy atom. The quantitative estimate of drug-likeness (QED) is 0.196. The lowest BCUT2D eigenvalue weighted by Crippen LogP contribution is -2.33. The third kappa shape index (κ3) is 7.67. The summed E-state index contributed by atoms with van der Waals surface area (Å²) >= 11 is 5.18. The molecule has 0 heterocycles. The number of non-ortho nitro benzene ring substituents is 1. The molecule has 0 radical (unpaired) electrons. The first-order chi connectivity index (χ1) is 14.6. The summed E-state index contributed by atoms with van der Waals surface area (Å²) in [5.74, 6) is -4.77. The molecule has 0 unspecified atom stereocenters. The van der Waals surface area contributed by atoms with Gasteiger partial charge in [-0.05, 0) is 42.8 Å². The number of ether oxygens (including phenoxy) is 1. The maximum Gasteiger partial charge on any atom is 0.340 e. The van der Waals surface area contributed by atoms with Gasteiger partial charge in [0.1, 0.15) is 5.75 Å². The number of alkyl halides is 4. The Bertz CT molecular complexity index is 911. The monoisotopic (exact) mass is 459 g/mol. The second-order valence-electron chi connectivity index (χ2n) is 6.70. The van der Waals surface area contributed by atoms with Gasteiger partial charge in [0.25, 0.3) is 5.69 Å². The standard InChI is InChI=1S/C20H21F4N3O3S/c1-2-3-4-13-5-7-14(8-6-13)25-19(31)26-15-9-16(27(28)29)11-17(10-15)30-12-20(23,24)18(21)22/h5-11,18H,2-4,12H2,1H3,(H2,25,26,31). The van der Waals surface area contributed by atoms with Crippen molar-refractivity contribution in [2.75, 3.05) is 17.2 Å². The lowest BCUT2D eigenvalue weighted by Gasteiger charge is -2.17. The van der Waals surface area contributed by atoms with Crippen molar-refractivity contribution in [3.05, 3.63) is 58.1 Å². The number of thiocarbonyl (C=S) groups is 1. The highest BCUT2D eigenvalue weighted by molar-refractivity contribution is 7.80. The van der Waals surface area contributed by atoms with Gasteiger partial charge in [0.2, 0.25) is 0 Å². The largest absolute Gasteiger partial charge is 0.487 e. The zero-order valence-electron chi connectivity index (χ0n) is 16.5. The average Bonchev–Trinajstić information content (AvgIpc) is 2.71. The van der Waals surface area contributed by atoms with Crippen molar-refractivity contribution in [1.82, 2.24) is 0 Å². The van der Waals surface area contributed by atoms with Crippen LogP contribution in [-0.4, -0.2) is 29.0 Å². The highest BCUT2D eigenvalue weighted by Crippen LogP contribution is 2.29. The number of hydrogen-bond acceptors (Lipinski definition) is 4. The normalized spacial score (nSPS) is 11.3. The number of rotatable bonds is 10. The Balaban J connectivity index is 2.07. The highest BCUT2D eigenvalue weighted by atomic mass is 32.1. The number of nitro benzene ring substituents is 1. The number of hydrogen-bond donors (Lipinski definition) is 2. The van der Waals surface area contributed by atoms with E-state index in [2.05, 4.69) is 22.3 Å². The molecule has 2 N–H and O–H groups in total. The van der Waals surface area contributed by atoms with Crippen molar-refractivity contribution in [3.8, 4) is 5.75 Å². The number of nitrogens with one attached hydrogen (secondary N) is 2. The van der Waals surface area contributed by atoms with Crippen molar-refractivity contribution >= 4 is 34.4 Å². The van der Waals surface area contributed by atoms with Gasteiger partial charge in [0.05, 0.1) is 16.7 Å². The summed E-state index contributed by atoms with van der Waals surface area (Å²) in [7, 11) is 0. The molecule has 0 aliphatic carbocycles. The van der Waals surface area contributed by atoms with Crippen LogP contribution < -0.4 is 15.4 Å². The predicted octanol–water partition coefficient (Wildman–Crippen LogP) is 6.03. The van der Waals surface area contributed by atoms with E-state index in [0.29, 0.717) is 5.69 Å². The van der Waals surface area contributed by atoms with Crippen LogP contribution in [0.1, 0.15) is 25.3 Å². The van der Waals surface area contributed by atoms with Crippen LogP contribution in [0.25, 0.3) is 0 Å². The third-order valence-corrected chi connectivity index (χ3v) is 4.35. The highest BCUT2D eigenvalue weighted by Gasteiger charge is 2.41. The summed E-state index contributed by atoms with van der Waals surface area (Å²) in [4.78, 5) is 10.3. The summed E-state index contributed by atoms with van der Waals surface area (Å²) in [5.41, 5.74) is 1.44. The molecule has 0 bridgehead atoms. The van der Waals surface area contributed by atoms with Crippen molar-refractivity contribution in [3.63, 3.8) is 0 Å². The van der Waals surface area contributed by atoms with E-state index in [1.807, 2.05) is 24.3 Å². The fourth-order valence-electron chi connectivity index (χ4n) is 2.52. The Morgan fingerprint density at radius 3 is 2.39 bits per heavy atom. The van der Waals surface area contributed by atoms with Crippen molar-refractivity contribution < 1.29 is 27.2 Å². The fourth-order valence-corrected chi connectivity index (χ4v) is 2.75. The van der Waals surface area contributed by atoms with E-state index in [1.54, 1.807) is 0 Å². The molecule has 0 aliphatic rings. The average molecular weight is 459 g/mol. The number of aryl methyl sites for hydroxylation is 1. The Labute approximate surface area is 181 Å². The van der Waals surface area contributed by atoms with Crippen molar-refractivity contribution in [2.45, 2.75) is 38.5 Å². The molecule has 0 atom stereocenters. The number of unbranched alkanes of at least 4 members (excludes halogenated alkanes) is 1. The summed E-state index contributed by atoms with van der Waals surface area (Å²) in [6.45, 7) is 0.479. The molecule has 31 heavy (non-hydrogen) atoms. The zero-order valence-corrected chi connectivity index (χ0v) is 17.4. The molecule has 0 saturated heterocycles. The van der Waals surface area contributed by atoms with E-state index in [-0.39, 0.29) is 16.5 Å². The molecule has 0 aromatic heterocycles. The van der Waals surface area contributed by atoms with Crippen LogP contribution in [0.4, 0.5) is 34.6 Å². The van der Waals surface area contributed by atoms with Gasteiger partial charge in [-0.2, -0.15) is 8.78 Å². The van der Waals surface area contributed by atoms with E-state index in [0.717, 1.165) is 37.5 Å². The summed E-state index contributed by atoms with van der Waals surface area (Å²) in [6, 6.07) is 10.7. The zero-order chi connectivity index (χ0) is 23.0. The Hall–Kier alpha value is -2.95. The van der Waals surface area contributed by atoms with Gasteiger partial charge < -0.3 is 15.4 Å². The molecular formula is C20H21F4N3O3S. The molecule has 0 fully saturated rings. The summed E-state index contributed by atoms with van der Waals surface area (Å²) in [6.07, 6.45) is -0.801. The van der Waals surface area contributed by atoms with Gasteiger partial charge in [0.15, 0.2) is 11.7 Å². The topological polar surface area (TPSA) is 76.4 Å². The number of nitrogens with zero attached hydrogens (tertiary/aromatic N) is 1. The predicted molar refractivity (Wildman–Crippen MR) is 114 cm³/mol. The minimum Gasteiger partial charge on any atom is -0.487 e. The second-order valence-corrected chi connectivity index (χ2v) is 7.11. The Kier molecular flexibility index (Phi) is 8.55. The van der Waals surface area contributed by atoms with Crippen LogP contribution in [0.15, 0.2) is 42.5 Å². The fraction of sp³-hybridized carbons (Fsp3) is 0.350. The Morgan fingerprint density at radius 2 is 1.81 bits per heavy atom. The summed E-state index contributed by atoms with van der Waals surface area (Å²) in [5, 5.41) is 16.8. The molecule has 0 saturated carbocycles. The van der Waals surface area contributed by atoms with Crippen molar-refractivity contribution in [1.29, 1.82) is 0 Å². The van der Waals surface area contributed by atoms with Gasteiger partial charge in [0, 0.05) is 17.8 Å². The lowest BCUT2D eigenvalue weighted by atomic mass is 10.1. The van der Waals surface area contributed by atoms with Crippen LogP contribution >= 0.6 is 12.2 Å². The molecule has 0 aliphatic heterocycles. The first kappa shape index (κ1) is 24.3. The maximum atomic E-state index is 13.1. The van der Waals surface area contributed by atoms with Crippen LogP contribution in [0, 0.1) is 10.1 Å². The van der Waals surface area contributed by atoms with Gasteiger partial charge >= 0.3 is 12.3 Å². The molecule has 2 aromatic carbocycles. The van der Waals surface area contributed by atoms with E-state index in [4.69, 9.17) is 12.2 Å². The number of benzene rings is 2. The smallest absolute Gasteiger partial charge is 0.340 e. The van der Waals surface area contributed by atoms with Crippen LogP contribution in [0.2, 0.25) is 0 Å². The molecule has 2 aromatic rings. The lowest BCUT2D eigenvalue weighted by molar-refractivity contribution is -0.384. The first-order valence-electron chi connectivity index (χ1n) is 9.36. The van der Waals surface area contributed by atoms with Gasteiger partial charge in [-0.15, -0.1) is 0 Å². The molecule has 0 spiro atoms. The van der Waals surface area contributed by atoms with Gasteiger partial charge in [-0.3, -0.25) is 10.1 Å². The van der Waals surface area contributed by atoms with E-state index >= 15 is 0 Å². The molecule has 11 heteroatoms. The molecule has 0 amide bonds. The van der Waals surface area contributed by atoms with Crippen LogP contribution in [0.3, 0.4) is 0 Å². The van der Waals surface area contributed by atoms with Gasteiger partial charge in [-0.1, -0.05) is 25.5 Å². The number of anilines is 2. The van der Waals surface area contributed by atoms with E-state index < -0.39 is 29.6 Å². The molecule has 168 valence electrons. The maximum absolute atomic E-state index is 13.1. The van der Waals surface area contributed by atoms with Crippen LogP contribution in [-0.2, 0) is 6.42 Å². The minimum absolute atomic E-state index is 0.0710. The van der Waals surface area contributed by atoms with E-state index in [9.17, 15) is 27.7 Å². The third-order valence-electron chi connectivity index (χ3n) is 4.14. The number of halogens is 4. The first-order valence-corrected chi connectivity index (χ1v) is 9.76. The minimum atomic E-state index is -4.39. The summed E-state index contributed by atoms with van der Waals surface area (Å²) < 4.78 is 55.4. The number of nitro groups is 1. The molecule has 6 nitrogen and oxygen atoms in total. The SMILES string of the molecule is CCCCc1ccc(NC(=S)Nc2cc(OCC(F)(F)C(F)F)cc([N+](=O)[O-])c2)cc1. The molecule has 2 rings (SSSR count). The van der Waals surface area contributed by atoms with Crippen molar-refractivity contribution in [2.24, 2.45) is 0 Å².